The Bertz CT molecular complexity index is 539. The largest absolute Gasteiger partial charge is 0.494 e. The molecule has 19 heavy (non-hydrogen) atoms. The fraction of sp³-hybridized carbons (Fsp3) is 0.357. The molecule has 0 aliphatic carbocycles. The Balaban J connectivity index is 2.13. The van der Waals surface area contributed by atoms with Crippen molar-refractivity contribution in [3.05, 3.63) is 42.0 Å². The molecule has 2 aromatic rings. The summed E-state index contributed by atoms with van der Waals surface area (Å²) in [5.41, 5.74) is 1.73. The van der Waals surface area contributed by atoms with Crippen LogP contribution in [0.3, 0.4) is 0 Å². The maximum absolute atomic E-state index is 13.3. The van der Waals surface area contributed by atoms with Gasteiger partial charge >= 0.3 is 0 Å². The quantitative estimate of drug-likeness (QED) is 0.814. The van der Waals surface area contributed by atoms with Crippen molar-refractivity contribution in [2.75, 3.05) is 13.7 Å². The number of aromatic nitrogens is 2. The van der Waals surface area contributed by atoms with Crippen LogP contribution in [0.2, 0.25) is 0 Å². The third kappa shape index (κ3) is 3.32. The lowest BCUT2D eigenvalue weighted by Gasteiger charge is -2.05. The van der Waals surface area contributed by atoms with Crippen molar-refractivity contribution in [1.29, 1.82) is 0 Å². The van der Waals surface area contributed by atoms with Crippen LogP contribution in [0.4, 0.5) is 4.39 Å². The van der Waals surface area contributed by atoms with Crippen LogP contribution in [0.5, 0.6) is 5.75 Å². The molecule has 0 bridgehead atoms. The summed E-state index contributed by atoms with van der Waals surface area (Å²) >= 11 is 0. The SMILES string of the molecule is CCCNCc1ccn(-c2ccc(F)c(OC)c2)n1. The highest BCUT2D eigenvalue weighted by molar-refractivity contribution is 5.39. The molecule has 0 saturated heterocycles. The number of hydrogen-bond acceptors (Lipinski definition) is 3. The molecule has 0 atom stereocenters. The summed E-state index contributed by atoms with van der Waals surface area (Å²) in [6, 6.07) is 6.63. The van der Waals surface area contributed by atoms with Crippen molar-refractivity contribution in [2.24, 2.45) is 0 Å². The summed E-state index contributed by atoms with van der Waals surface area (Å²) in [6.45, 7) is 3.83. The highest BCUT2D eigenvalue weighted by atomic mass is 19.1. The van der Waals surface area contributed by atoms with E-state index in [-0.39, 0.29) is 11.6 Å². The van der Waals surface area contributed by atoms with Gasteiger partial charge in [-0.25, -0.2) is 9.07 Å². The lowest BCUT2D eigenvalue weighted by Crippen LogP contribution is -2.14. The summed E-state index contributed by atoms with van der Waals surface area (Å²) < 4.78 is 20.0. The molecule has 0 aliphatic heterocycles. The van der Waals surface area contributed by atoms with Gasteiger partial charge in [-0.05, 0) is 31.2 Å². The third-order valence-corrected chi connectivity index (χ3v) is 2.78. The van der Waals surface area contributed by atoms with Gasteiger partial charge < -0.3 is 10.1 Å². The van der Waals surface area contributed by atoms with Crippen molar-refractivity contribution in [3.63, 3.8) is 0 Å². The average Bonchev–Trinajstić information content (AvgIpc) is 2.88. The lowest BCUT2D eigenvalue weighted by atomic mass is 10.3. The van der Waals surface area contributed by atoms with E-state index < -0.39 is 0 Å². The smallest absolute Gasteiger partial charge is 0.165 e. The van der Waals surface area contributed by atoms with Crippen LogP contribution in [0.1, 0.15) is 19.0 Å². The van der Waals surface area contributed by atoms with Gasteiger partial charge in [-0.3, -0.25) is 0 Å². The summed E-state index contributed by atoms with van der Waals surface area (Å²) in [7, 11) is 1.45. The van der Waals surface area contributed by atoms with Gasteiger partial charge in [0.25, 0.3) is 0 Å². The molecule has 0 spiro atoms. The highest BCUT2D eigenvalue weighted by Crippen LogP contribution is 2.20. The molecular weight excluding hydrogens is 245 g/mol. The Kier molecular flexibility index (Phi) is 4.52. The van der Waals surface area contributed by atoms with Crippen molar-refractivity contribution >= 4 is 0 Å². The van der Waals surface area contributed by atoms with Crippen LogP contribution in [0, 0.1) is 5.82 Å². The Morgan fingerprint density at radius 3 is 2.95 bits per heavy atom. The van der Waals surface area contributed by atoms with E-state index in [1.165, 1.54) is 13.2 Å². The van der Waals surface area contributed by atoms with E-state index in [9.17, 15) is 4.39 Å². The second-order valence-corrected chi connectivity index (χ2v) is 4.25. The topological polar surface area (TPSA) is 39.1 Å². The van der Waals surface area contributed by atoms with Gasteiger partial charge in [0.15, 0.2) is 11.6 Å². The number of ether oxygens (including phenoxy) is 1. The normalized spacial score (nSPS) is 10.7. The van der Waals surface area contributed by atoms with Crippen molar-refractivity contribution in [2.45, 2.75) is 19.9 Å². The van der Waals surface area contributed by atoms with Crippen LogP contribution >= 0.6 is 0 Å². The van der Waals surface area contributed by atoms with Gasteiger partial charge in [0.05, 0.1) is 18.5 Å². The first-order valence-electron chi connectivity index (χ1n) is 6.33. The Morgan fingerprint density at radius 1 is 1.37 bits per heavy atom. The van der Waals surface area contributed by atoms with E-state index in [1.54, 1.807) is 16.8 Å². The number of nitrogens with zero attached hydrogens (tertiary/aromatic N) is 2. The number of hydrogen-bond donors (Lipinski definition) is 1. The Labute approximate surface area is 112 Å². The molecule has 2 rings (SSSR count). The van der Waals surface area contributed by atoms with E-state index in [0.717, 1.165) is 30.9 Å². The highest BCUT2D eigenvalue weighted by Gasteiger charge is 2.06. The Morgan fingerprint density at radius 2 is 2.21 bits per heavy atom. The van der Waals surface area contributed by atoms with Crippen LogP contribution in [0.25, 0.3) is 5.69 Å². The van der Waals surface area contributed by atoms with Gasteiger partial charge in [0, 0.05) is 18.8 Å². The number of rotatable bonds is 6. The molecule has 4 nitrogen and oxygen atoms in total. The molecule has 1 aromatic carbocycles. The summed E-state index contributed by atoms with van der Waals surface area (Å²) in [6.07, 6.45) is 2.95. The van der Waals surface area contributed by atoms with E-state index in [1.807, 2.05) is 12.3 Å². The standard InChI is InChI=1S/C14H18FN3O/c1-3-7-16-10-11-6-8-18(17-11)12-4-5-13(15)14(9-12)19-2/h4-6,8-9,16H,3,7,10H2,1-2H3. The van der Waals surface area contributed by atoms with Crippen molar-refractivity contribution in [1.82, 2.24) is 15.1 Å². The van der Waals surface area contributed by atoms with Gasteiger partial charge in [-0.1, -0.05) is 6.92 Å². The van der Waals surface area contributed by atoms with Crippen LogP contribution in [0.15, 0.2) is 30.5 Å². The molecule has 1 heterocycles. The second kappa shape index (κ2) is 6.33. The molecular formula is C14H18FN3O. The van der Waals surface area contributed by atoms with Crippen LogP contribution < -0.4 is 10.1 Å². The zero-order valence-electron chi connectivity index (χ0n) is 11.2. The predicted molar refractivity (Wildman–Crippen MR) is 72.1 cm³/mol. The fourth-order valence-electron chi connectivity index (χ4n) is 1.78. The van der Waals surface area contributed by atoms with E-state index in [0.29, 0.717) is 0 Å². The minimum Gasteiger partial charge on any atom is -0.494 e. The van der Waals surface area contributed by atoms with Crippen molar-refractivity contribution in [3.8, 4) is 11.4 Å². The minimum absolute atomic E-state index is 0.221. The first kappa shape index (κ1) is 13.5. The summed E-state index contributed by atoms with van der Waals surface area (Å²) in [4.78, 5) is 0. The van der Waals surface area contributed by atoms with E-state index in [2.05, 4.69) is 17.3 Å². The first-order valence-corrected chi connectivity index (χ1v) is 6.33. The van der Waals surface area contributed by atoms with Crippen molar-refractivity contribution < 1.29 is 9.13 Å². The molecule has 0 amide bonds. The molecule has 0 fully saturated rings. The van der Waals surface area contributed by atoms with Crippen LogP contribution in [-0.4, -0.2) is 23.4 Å². The predicted octanol–water partition coefficient (Wildman–Crippen LogP) is 2.52. The molecule has 5 heteroatoms. The average molecular weight is 263 g/mol. The van der Waals surface area contributed by atoms with E-state index in [4.69, 9.17) is 4.74 Å². The monoisotopic (exact) mass is 263 g/mol. The van der Waals surface area contributed by atoms with Crippen LogP contribution in [-0.2, 0) is 6.54 Å². The van der Waals surface area contributed by atoms with Gasteiger partial charge in [0.1, 0.15) is 0 Å². The molecule has 1 aromatic heterocycles. The van der Waals surface area contributed by atoms with Gasteiger partial charge in [-0.2, -0.15) is 5.10 Å². The zero-order valence-corrected chi connectivity index (χ0v) is 11.2. The van der Waals surface area contributed by atoms with E-state index >= 15 is 0 Å². The maximum Gasteiger partial charge on any atom is 0.165 e. The molecule has 0 aliphatic rings. The fourth-order valence-corrected chi connectivity index (χ4v) is 1.78. The van der Waals surface area contributed by atoms with Gasteiger partial charge in [-0.15, -0.1) is 0 Å². The molecule has 1 N–H and O–H groups in total. The molecule has 0 unspecified atom stereocenters. The lowest BCUT2D eigenvalue weighted by molar-refractivity contribution is 0.386. The number of nitrogens with one attached hydrogen (secondary N) is 1. The summed E-state index contributed by atoms with van der Waals surface area (Å²) in [5.74, 6) is -0.151. The summed E-state index contributed by atoms with van der Waals surface area (Å²) in [5, 5.41) is 7.72. The second-order valence-electron chi connectivity index (χ2n) is 4.25. The number of methoxy groups -OCH3 is 1. The molecule has 0 saturated carbocycles. The first-order chi connectivity index (χ1) is 9.24. The zero-order chi connectivity index (χ0) is 13.7. The maximum atomic E-state index is 13.3. The number of halogens is 1. The third-order valence-electron chi connectivity index (χ3n) is 2.78. The Hall–Kier alpha value is -1.88. The number of benzene rings is 1. The van der Waals surface area contributed by atoms with Gasteiger partial charge in [0.2, 0.25) is 0 Å². The minimum atomic E-state index is -0.372. The molecule has 0 radical (unpaired) electrons. The molecule has 102 valence electrons.